The van der Waals surface area contributed by atoms with Gasteiger partial charge in [-0.3, -0.25) is 4.79 Å². The molecule has 0 aliphatic heterocycles. The van der Waals surface area contributed by atoms with Gasteiger partial charge in [-0.2, -0.15) is 5.26 Å². The van der Waals surface area contributed by atoms with Gasteiger partial charge in [0.15, 0.2) is 0 Å². The predicted molar refractivity (Wildman–Crippen MR) is 54.7 cm³/mol. The second-order valence-electron chi connectivity index (χ2n) is 4.69. The summed E-state index contributed by atoms with van der Waals surface area (Å²) in [5, 5.41) is 9.03. The van der Waals surface area contributed by atoms with Gasteiger partial charge in [-0.05, 0) is 50.4 Å². The second kappa shape index (κ2) is 4.22. The molecule has 0 N–H and O–H groups in total. The largest absolute Gasteiger partial charge is 0.465 e. The van der Waals surface area contributed by atoms with Crippen molar-refractivity contribution in [1.82, 2.24) is 0 Å². The van der Waals surface area contributed by atoms with Gasteiger partial charge in [0, 0.05) is 0 Å². The fourth-order valence-electron chi connectivity index (χ4n) is 2.99. The topological polar surface area (TPSA) is 50.1 Å². The summed E-state index contributed by atoms with van der Waals surface area (Å²) in [4.78, 5) is 11.6. The molecule has 3 heteroatoms. The number of nitriles is 1. The fourth-order valence-corrected chi connectivity index (χ4v) is 2.99. The standard InChI is InChI=1S/C12H17NO2/c1-2-15-12(14)11(7-13)10-5-8-3-4-9(8)6-10/h8-11H,2-6H2,1H3. The number of hydrogen-bond donors (Lipinski definition) is 0. The maximum Gasteiger partial charge on any atom is 0.323 e. The first-order valence-electron chi connectivity index (χ1n) is 5.82. The molecular weight excluding hydrogens is 190 g/mol. The number of fused-ring (bicyclic) bond motifs is 1. The molecule has 0 aromatic carbocycles. The zero-order chi connectivity index (χ0) is 10.8. The highest BCUT2D eigenvalue weighted by Gasteiger charge is 2.45. The van der Waals surface area contributed by atoms with Crippen molar-refractivity contribution in [3.63, 3.8) is 0 Å². The molecule has 0 aromatic heterocycles. The van der Waals surface area contributed by atoms with Crippen LogP contribution in [0.3, 0.4) is 0 Å². The molecule has 0 amide bonds. The van der Waals surface area contributed by atoms with Crippen LogP contribution in [0.5, 0.6) is 0 Å². The van der Waals surface area contributed by atoms with Crippen LogP contribution in [0, 0.1) is 35.0 Å². The van der Waals surface area contributed by atoms with Gasteiger partial charge in [0.25, 0.3) is 0 Å². The number of esters is 1. The van der Waals surface area contributed by atoms with Crippen LogP contribution in [-0.4, -0.2) is 12.6 Å². The molecule has 0 bridgehead atoms. The Morgan fingerprint density at radius 2 is 2.07 bits per heavy atom. The molecule has 3 atom stereocenters. The minimum atomic E-state index is -0.518. The highest BCUT2D eigenvalue weighted by Crippen LogP contribution is 2.51. The van der Waals surface area contributed by atoms with Crippen LogP contribution in [0.2, 0.25) is 0 Å². The number of hydrogen-bond acceptors (Lipinski definition) is 3. The summed E-state index contributed by atoms with van der Waals surface area (Å²) in [6.45, 7) is 2.15. The van der Waals surface area contributed by atoms with Crippen molar-refractivity contribution in [3.8, 4) is 6.07 Å². The lowest BCUT2D eigenvalue weighted by molar-refractivity contribution is -0.147. The van der Waals surface area contributed by atoms with E-state index in [-0.39, 0.29) is 11.9 Å². The Hall–Kier alpha value is -1.04. The van der Waals surface area contributed by atoms with Gasteiger partial charge < -0.3 is 4.74 Å². The first-order valence-corrected chi connectivity index (χ1v) is 5.82. The van der Waals surface area contributed by atoms with E-state index in [4.69, 9.17) is 10.00 Å². The average Bonchev–Trinajstić information content (AvgIpc) is 2.46. The first-order chi connectivity index (χ1) is 7.26. The van der Waals surface area contributed by atoms with Crippen molar-refractivity contribution in [2.45, 2.75) is 32.6 Å². The normalized spacial score (nSPS) is 34.8. The molecule has 3 nitrogen and oxygen atoms in total. The molecule has 0 saturated heterocycles. The lowest BCUT2D eigenvalue weighted by Gasteiger charge is -2.29. The van der Waals surface area contributed by atoms with E-state index >= 15 is 0 Å². The average molecular weight is 207 g/mol. The Bertz CT molecular complexity index is 282. The zero-order valence-corrected chi connectivity index (χ0v) is 9.11. The van der Waals surface area contributed by atoms with Crippen LogP contribution in [-0.2, 0) is 9.53 Å². The third-order valence-corrected chi connectivity index (χ3v) is 3.94. The Morgan fingerprint density at radius 3 is 2.47 bits per heavy atom. The van der Waals surface area contributed by atoms with Gasteiger partial charge >= 0.3 is 5.97 Å². The summed E-state index contributed by atoms with van der Waals surface area (Å²) < 4.78 is 4.94. The van der Waals surface area contributed by atoms with Crippen molar-refractivity contribution in [1.29, 1.82) is 5.26 Å². The Morgan fingerprint density at radius 1 is 1.47 bits per heavy atom. The Labute approximate surface area is 90.4 Å². The van der Waals surface area contributed by atoms with Crippen LogP contribution in [0.25, 0.3) is 0 Å². The van der Waals surface area contributed by atoms with Crippen LogP contribution in [0.15, 0.2) is 0 Å². The van der Waals surface area contributed by atoms with Crippen molar-refractivity contribution < 1.29 is 9.53 Å². The van der Waals surface area contributed by atoms with E-state index < -0.39 is 5.92 Å². The monoisotopic (exact) mass is 207 g/mol. The quantitative estimate of drug-likeness (QED) is 0.666. The van der Waals surface area contributed by atoms with Crippen LogP contribution in [0.1, 0.15) is 32.6 Å². The maximum atomic E-state index is 11.6. The molecule has 2 fully saturated rings. The molecular formula is C12H17NO2. The number of ether oxygens (including phenoxy) is 1. The van der Waals surface area contributed by atoms with E-state index in [1.165, 1.54) is 12.8 Å². The van der Waals surface area contributed by atoms with E-state index in [1.54, 1.807) is 6.92 Å². The lowest BCUT2D eigenvalue weighted by atomic mass is 9.77. The third-order valence-electron chi connectivity index (χ3n) is 3.94. The SMILES string of the molecule is CCOC(=O)C(C#N)C1CC2CCC2C1. The second-order valence-corrected chi connectivity index (χ2v) is 4.69. The summed E-state index contributed by atoms with van der Waals surface area (Å²) in [6, 6.07) is 2.12. The summed E-state index contributed by atoms with van der Waals surface area (Å²) in [6.07, 6.45) is 4.70. The van der Waals surface area contributed by atoms with E-state index in [0.717, 1.165) is 24.7 Å². The summed E-state index contributed by atoms with van der Waals surface area (Å²) in [5.74, 6) is 1.01. The highest BCUT2D eigenvalue weighted by molar-refractivity contribution is 5.75. The third kappa shape index (κ3) is 1.86. The van der Waals surface area contributed by atoms with Gasteiger partial charge in [-0.25, -0.2) is 0 Å². The Balaban J connectivity index is 1.95. The molecule has 0 radical (unpaired) electrons. The van der Waals surface area contributed by atoms with Gasteiger partial charge in [0.1, 0.15) is 5.92 Å². The molecule has 0 spiro atoms. The molecule has 82 valence electrons. The molecule has 0 heterocycles. The van der Waals surface area contributed by atoms with Gasteiger partial charge in [-0.15, -0.1) is 0 Å². The lowest BCUT2D eigenvalue weighted by Crippen LogP contribution is -2.23. The van der Waals surface area contributed by atoms with Crippen LogP contribution < -0.4 is 0 Å². The van der Waals surface area contributed by atoms with Gasteiger partial charge in [0.05, 0.1) is 12.7 Å². The Kier molecular flexibility index (Phi) is 2.95. The number of rotatable bonds is 3. The van der Waals surface area contributed by atoms with E-state index in [1.807, 2.05) is 0 Å². The first kappa shape index (κ1) is 10.5. The van der Waals surface area contributed by atoms with Crippen molar-refractivity contribution in [2.75, 3.05) is 6.61 Å². The van der Waals surface area contributed by atoms with Crippen LogP contribution in [0.4, 0.5) is 0 Å². The molecule has 2 saturated carbocycles. The molecule has 2 aliphatic carbocycles. The minimum absolute atomic E-state index is 0.256. The summed E-state index contributed by atoms with van der Waals surface area (Å²) in [7, 11) is 0. The van der Waals surface area contributed by atoms with E-state index in [9.17, 15) is 4.79 Å². The molecule has 2 rings (SSSR count). The minimum Gasteiger partial charge on any atom is -0.465 e. The maximum absolute atomic E-state index is 11.6. The van der Waals surface area contributed by atoms with Gasteiger partial charge in [-0.1, -0.05) is 0 Å². The van der Waals surface area contributed by atoms with E-state index in [0.29, 0.717) is 6.61 Å². The number of carbonyl (C=O) groups excluding carboxylic acids is 1. The van der Waals surface area contributed by atoms with Crippen LogP contribution >= 0.6 is 0 Å². The van der Waals surface area contributed by atoms with Crippen molar-refractivity contribution in [2.24, 2.45) is 23.7 Å². The molecule has 2 aliphatic rings. The number of carbonyl (C=O) groups is 1. The summed E-state index contributed by atoms with van der Waals surface area (Å²) in [5.41, 5.74) is 0. The van der Waals surface area contributed by atoms with Crippen molar-refractivity contribution >= 4 is 5.97 Å². The van der Waals surface area contributed by atoms with Gasteiger partial charge in [0.2, 0.25) is 0 Å². The smallest absolute Gasteiger partial charge is 0.323 e. The molecule has 15 heavy (non-hydrogen) atoms. The zero-order valence-electron chi connectivity index (χ0n) is 9.11. The van der Waals surface area contributed by atoms with E-state index in [2.05, 4.69) is 6.07 Å². The van der Waals surface area contributed by atoms with Crippen molar-refractivity contribution in [3.05, 3.63) is 0 Å². The predicted octanol–water partition coefficient (Wildman–Crippen LogP) is 2.13. The summed E-state index contributed by atoms with van der Waals surface area (Å²) >= 11 is 0. The fraction of sp³-hybridized carbons (Fsp3) is 0.833. The molecule has 3 unspecified atom stereocenters. The molecule has 0 aromatic rings. The highest BCUT2D eigenvalue weighted by atomic mass is 16.5. The number of nitrogens with zero attached hydrogens (tertiary/aromatic N) is 1.